The summed E-state index contributed by atoms with van der Waals surface area (Å²) in [5.41, 5.74) is 7.29. The molecule has 1 heterocycles. The molecule has 3 N–H and O–H groups in total. The van der Waals surface area contributed by atoms with E-state index in [9.17, 15) is 4.79 Å². The van der Waals surface area contributed by atoms with Crippen LogP contribution in [0.1, 0.15) is 19.4 Å². The Balaban J connectivity index is 0.00000242. The van der Waals surface area contributed by atoms with Gasteiger partial charge in [0, 0.05) is 30.9 Å². The smallest absolute Gasteiger partial charge is 0.224 e. The molecule has 5 nitrogen and oxygen atoms in total. The van der Waals surface area contributed by atoms with Gasteiger partial charge in [-0.15, -0.1) is 12.4 Å². The summed E-state index contributed by atoms with van der Waals surface area (Å²) in [7, 11) is 0. The van der Waals surface area contributed by atoms with Crippen molar-refractivity contribution in [2.45, 2.75) is 25.8 Å². The van der Waals surface area contributed by atoms with Gasteiger partial charge in [-0.3, -0.25) is 9.69 Å². The fraction of sp³-hybridized carbons (Fsp3) is 0.562. The second kappa shape index (κ2) is 8.36. The first-order chi connectivity index (χ1) is 9.97. The molecule has 0 saturated carbocycles. The van der Waals surface area contributed by atoms with Crippen molar-refractivity contribution in [1.29, 1.82) is 0 Å². The monoisotopic (exact) mass is 327 g/mol. The molecular formula is C16H26ClN3O2. The molecule has 1 aliphatic rings. The van der Waals surface area contributed by atoms with Gasteiger partial charge in [0.05, 0.1) is 19.6 Å². The van der Waals surface area contributed by atoms with Crippen molar-refractivity contribution in [3.8, 4) is 0 Å². The van der Waals surface area contributed by atoms with Crippen LogP contribution in [-0.2, 0) is 16.0 Å². The quantitative estimate of drug-likeness (QED) is 0.803. The minimum atomic E-state index is -0.0604. The summed E-state index contributed by atoms with van der Waals surface area (Å²) >= 11 is 0. The molecule has 1 saturated heterocycles. The van der Waals surface area contributed by atoms with Crippen LogP contribution >= 0.6 is 12.4 Å². The highest BCUT2D eigenvalue weighted by Gasteiger charge is 2.28. The standard InChI is InChI=1S/C16H25N3O2.ClH/c1-16(2,19-6-8-21-9-7-19)12-18-15(20)11-13-4-3-5-14(17)10-13;/h3-5,10H,6-9,11-12,17H2,1-2H3,(H,18,20);1H. The summed E-state index contributed by atoms with van der Waals surface area (Å²) in [5.74, 6) is 0.0296. The lowest BCUT2D eigenvalue weighted by Gasteiger charge is -2.40. The number of nitrogen functional groups attached to an aromatic ring is 1. The molecule has 0 aliphatic carbocycles. The predicted octanol–water partition coefficient (Wildman–Crippen LogP) is 1.46. The molecule has 0 unspecified atom stereocenters. The van der Waals surface area contributed by atoms with E-state index in [1.165, 1.54) is 0 Å². The van der Waals surface area contributed by atoms with Gasteiger partial charge in [-0.1, -0.05) is 12.1 Å². The number of nitrogens with zero attached hydrogens (tertiary/aromatic N) is 1. The van der Waals surface area contributed by atoms with E-state index >= 15 is 0 Å². The summed E-state index contributed by atoms with van der Waals surface area (Å²) < 4.78 is 5.37. The maximum Gasteiger partial charge on any atom is 0.224 e. The van der Waals surface area contributed by atoms with E-state index in [4.69, 9.17) is 10.5 Å². The van der Waals surface area contributed by atoms with Crippen LogP contribution < -0.4 is 11.1 Å². The van der Waals surface area contributed by atoms with E-state index < -0.39 is 0 Å². The summed E-state index contributed by atoms with van der Waals surface area (Å²) in [5, 5.41) is 3.03. The van der Waals surface area contributed by atoms with Crippen molar-refractivity contribution >= 4 is 24.0 Å². The first kappa shape index (κ1) is 18.7. The Labute approximate surface area is 138 Å². The number of amides is 1. The second-order valence-corrected chi connectivity index (χ2v) is 6.11. The number of carbonyl (C=O) groups excluding carboxylic acids is 1. The van der Waals surface area contributed by atoms with Gasteiger partial charge < -0.3 is 15.8 Å². The van der Waals surface area contributed by atoms with E-state index in [-0.39, 0.29) is 23.9 Å². The van der Waals surface area contributed by atoms with Crippen LogP contribution in [0, 0.1) is 0 Å². The Hall–Kier alpha value is -1.30. The van der Waals surface area contributed by atoms with Gasteiger partial charge in [0.25, 0.3) is 0 Å². The number of ether oxygens (including phenoxy) is 1. The zero-order valence-electron chi connectivity index (χ0n) is 13.3. The fourth-order valence-corrected chi connectivity index (χ4v) is 2.55. The fourth-order valence-electron chi connectivity index (χ4n) is 2.55. The molecule has 1 aromatic carbocycles. The van der Waals surface area contributed by atoms with Crippen LogP contribution in [0.3, 0.4) is 0 Å². The van der Waals surface area contributed by atoms with Crippen molar-refractivity contribution < 1.29 is 9.53 Å². The van der Waals surface area contributed by atoms with Gasteiger partial charge in [0.1, 0.15) is 0 Å². The molecule has 0 spiro atoms. The van der Waals surface area contributed by atoms with E-state index in [2.05, 4.69) is 24.1 Å². The maximum atomic E-state index is 12.1. The number of carbonyl (C=O) groups is 1. The molecule has 22 heavy (non-hydrogen) atoms. The average molecular weight is 328 g/mol. The Kier molecular flexibility index (Phi) is 7.13. The van der Waals surface area contributed by atoms with E-state index in [0.717, 1.165) is 31.9 Å². The molecule has 0 aromatic heterocycles. The number of hydrogen-bond acceptors (Lipinski definition) is 4. The number of morpholine rings is 1. The summed E-state index contributed by atoms with van der Waals surface area (Å²) in [6, 6.07) is 7.45. The van der Waals surface area contributed by atoms with Crippen LogP contribution in [0.15, 0.2) is 24.3 Å². The van der Waals surface area contributed by atoms with Crippen LogP contribution in [-0.4, -0.2) is 49.2 Å². The number of rotatable bonds is 5. The predicted molar refractivity (Wildman–Crippen MR) is 91.3 cm³/mol. The highest BCUT2D eigenvalue weighted by molar-refractivity contribution is 5.85. The highest BCUT2D eigenvalue weighted by Crippen LogP contribution is 2.15. The van der Waals surface area contributed by atoms with Gasteiger partial charge in [0.15, 0.2) is 0 Å². The maximum absolute atomic E-state index is 12.1. The van der Waals surface area contributed by atoms with Gasteiger partial charge in [-0.25, -0.2) is 0 Å². The van der Waals surface area contributed by atoms with Crippen LogP contribution in [0.5, 0.6) is 0 Å². The van der Waals surface area contributed by atoms with Crippen LogP contribution in [0.2, 0.25) is 0 Å². The number of nitrogens with one attached hydrogen (secondary N) is 1. The Morgan fingerprint density at radius 2 is 2.05 bits per heavy atom. The molecule has 0 atom stereocenters. The first-order valence-electron chi connectivity index (χ1n) is 7.41. The average Bonchev–Trinajstić information content (AvgIpc) is 2.46. The van der Waals surface area contributed by atoms with Crippen LogP contribution in [0.4, 0.5) is 5.69 Å². The number of halogens is 1. The molecular weight excluding hydrogens is 302 g/mol. The van der Waals surface area contributed by atoms with Crippen molar-refractivity contribution in [1.82, 2.24) is 10.2 Å². The Morgan fingerprint density at radius 3 is 2.68 bits per heavy atom. The number of benzene rings is 1. The second-order valence-electron chi connectivity index (χ2n) is 6.11. The third-order valence-electron chi connectivity index (χ3n) is 3.90. The van der Waals surface area contributed by atoms with Gasteiger partial charge in [0.2, 0.25) is 5.91 Å². The molecule has 2 rings (SSSR count). The molecule has 1 aliphatic heterocycles. The van der Waals surface area contributed by atoms with Crippen molar-refractivity contribution in [2.75, 3.05) is 38.6 Å². The van der Waals surface area contributed by atoms with Crippen molar-refractivity contribution in [3.05, 3.63) is 29.8 Å². The SMILES string of the molecule is CC(C)(CNC(=O)Cc1cccc(N)c1)N1CCOCC1.Cl. The zero-order valence-corrected chi connectivity index (χ0v) is 14.1. The third-order valence-corrected chi connectivity index (χ3v) is 3.90. The molecule has 1 amide bonds. The van der Waals surface area contributed by atoms with Gasteiger partial charge in [-0.2, -0.15) is 0 Å². The normalized spacial score (nSPS) is 15.9. The molecule has 6 heteroatoms. The van der Waals surface area contributed by atoms with Gasteiger partial charge in [-0.05, 0) is 31.5 Å². The van der Waals surface area contributed by atoms with Crippen LogP contribution in [0.25, 0.3) is 0 Å². The molecule has 1 aromatic rings. The van der Waals surface area contributed by atoms with E-state index in [1.807, 2.05) is 24.3 Å². The summed E-state index contributed by atoms with van der Waals surface area (Å²) in [6.45, 7) is 8.30. The molecule has 0 radical (unpaired) electrons. The lowest BCUT2D eigenvalue weighted by Crippen LogP contribution is -2.55. The number of anilines is 1. The van der Waals surface area contributed by atoms with E-state index in [1.54, 1.807) is 0 Å². The lowest BCUT2D eigenvalue weighted by molar-refractivity contribution is -0.121. The van der Waals surface area contributed by atoms with E-state index in [0.29, 0.717) is 18.7 Å². The first-order valence-corrected chi connectivity index (χ1v) is 7.41. The minimum absolute atomic E-state index is 0. The largest absolute Gasteiger partial charge is 0.399 e. The van der Waals surface area contributed by atoms with Gasteiger partial charge >= 0.3 is 0 Å². The zero-order chi connectivity index (χ0) is 15.3. The number of hydrogen-bond donors (Lipinski definition) is 2. The number of nitrogens with two attached hydrogens (primary N) is 1. The third kappa shape index (κ3) is 5.48. The minimum Gasteiger partial charge on any atom is -0.399 e. The summed E-state index contributed by atoms with van der Waals surface area (Å²) in [6.07, 6.45) is 0.365. The Morgan fingerprint density at radius 1 is 1.36 bits per heavy atom. The lowest BCUT2D eigenvalue weighted by atomic mass is 10.0. The highest BCUT2D eigenvalue weighted by atomic mass is 35.5. The molecule has 1 fully saturated rings. The van der Waals surface area contributed by atoms with Crippen molar-refractivity contribution in [2.24, 2.45) is 0 Å². The van der Waals surface area contributed by atoms with Crippen molar-refractivity contribution in [3.63, 3.8) is 0 Å². The topological polar surface area (TPSA) is 67.6 Å². The molecule has 124 valence electrons. The summed E-state index contributed by atoms with van der Waals surface area (Å²) in [4.78, 5) is 14.4. The molecule has 0 bridgehead atoms. The Bertz CT molecular complexity index is 488.